The summed E-state index contributed by atoms with van der Waals surface area (Å²) in [6.45, 7) is 1.99. The Kier molecular flexibility index (Phi) is 4.07. The maximum Gasteiger partial charge on any atom is 0.119 e. The van der Waals surface area contributed by atoms with Crippen LogP contribution in [0.5, 0.6) is 5.75 Å². The Bertz CT molecular complexity index is 531. The van der Waals surface area contributed by atoms with Crippen LogP contribution in [0.25, 0.3) is 0 Å². The van der Waals surface area contributed by atoms with Gasteiger partial charge in [-0.2, -0.15) is 0 Å². The SMILES string of the molecule is COc1cccc(Sc2ccc(Br)c(C)n2)c1. The summed E-state index contributed by atoms with van der Waals surface area (Å²) in [7, 11) is 1.67. The number of hydrogen-bond acceptors (Lipinski definition) is 3. The third kappa shape index (κ3) is 3.23. The van der Waals surface area contributed by atoms with Crippen molar-refractivity contribution in [1.82, 2.24) is 4.98 Å². The van der Waals surface area contributed by atoms with Gasteiger partial charge in [-0.1, -0.05) is 17.8 Å². The van der Waals surface area contributed by atoms with Crippen molar-refractivity contribution < 1.29 is 4.74 Å². The highest BCUT2D eigenvalue weighted by Crippen LogP contribution is 2.29. The molecular formula is C13H12BrNOS. The molecule has 2 nitrogen and oxygen atoms in total. The van der Waals surface area contributed by atoms with Gasteiger partial charge in [-0.3, -0.25) is 0 Å². The van der Waals surface area contributed by atoms with Crippen LogP contribution in [0.2, 0.25) is 0 Å². The Balaban J connectivity index is 2.22. The van der Waals surface area contributed by atoms with Crippen LogP contribution in [0.1, 0.15) is 5.69 Å². The molecule has 1 heterocycles. The summed E-state index contributed by atoms with van der Waals surface area (Å²) in [6, 6.07) is 12.0. The van der Waals surface area contributed by atoms with Crippen LogP contribution in [0.3, 0.4) is 0 Å². The molecule has 2 rings (SSSR count). The molecule has 1 aromatic carbocycles. The number of halogens is 1. The summed E-state index contributed by atoms with van der Waals surface area (Å²) < 4.78 is 6.23. The fraction of sp³-hybridized carbons (Fsp3) is 0.154. The summed E-state index contributed by atoms with van der Waals surface area (Å²) in [5.41, 5.74) is 0.998. The van der Waals surface area contributed by atoms with Crippen LogP contribution >= 0.6 is 27.7 Å². The molecule has 0 atom stereocenters. The lowest BCUT2D eigenvalue weighted by Gasteiger charge is -2.05. The van der Waals surface area contributed by atoms with Crippen molar-refractivity contribution in [2.45, 2.75) is 16.8 Å². The number of hydrogen-bond donors (Lipinski definition) is 0. The van der Waals surface area contributed by atoms with Gasteiger partial charge in [0.2, 0.25) is 0 Å². The Hall–Kier alpha value is -1.00. The second-order valence-corrected chi connectivity index (χ2v) is 5.45. The van der Waals surface area contributed by atoms with Gasteiger partial charge in [0.15, 0.2) is 0 Å². The minimum Gasteiger partial charge on any atom is -0.497 e. The number of benzene rings is 1. The molecule has 17 heavy (non-hydrogen) atoms. The van der Waals surface area contributed by atoms with E-state index in [1.807, 2.05) is 43.3 Å². The second kappa shape index (κ2) is 5.56. The molecule has 0 bridgehead atoms. The highest BCUT2D eigenvalue weighted by Gasteiger charge is 2.02. The average Bonchev–Trinajstić information content (AvgIpc) is 2.34. The lowest BCUT2D eigenvalue weighted by Crippen LogP contribution is -1.86. The molecule has 4 heteroatoms. The third-order valence-corrected chi connectivity index (χ3v) is 4.02. The van der Waals surface area contributed by atoms with E-state index >= 15 is 0 Å². The van der Waals surface area contributed by atoms with E-state index in [0.29, 0.717) is 0 Å². The monoisotopic (exact) mass is 309 g/mol. The van der Waals surface area contributed by atoms with Gasteiger partial charge < -0.3 is 4.74 Å². The molecule has 0 aliphatic heterocycles. The highest BCUT2D eigenvalue weighted by molar-refractivity contribution is 9.10. The zero-order valence-electron chi connectivity index (χ0n) is 9.61. The van der Waals surface area contributed by atoms with Crippen molar-refractivity contribution in [2.75, 3.05) is 7.11 Å². The van der Waals surface area contributed by atoms with Crippen LogP contribution in [0, 0.1) is 6.92 Å². The smallest absolute Gasteiger partial charge is 0.119 e. The molecule has 0 radical (unpaired) electrons. The van der Waals surface area contributed by atoms with Gasteiger partial charge in [0.05, 0.1) is 12.8 Å². The molecule has 0 fully saturated rings. The summed E-state index contributed by atoms with van der Waals surface area (Å²) in [6.07, 6.45) is 0. The van der Waals surface area contributed by atoms with Gasteiger partial charge >= 0.3 is 0 Å². The van der Waals surface area contributed by atoms with E-state index in [1.54, 1.807) is 18.9 Å². The lowest BCUT2D eigenvalue weighted by atomic mass is 10.3. The van der Waals surface area contributed by atoms with Crippen LogP contribution in [0.15, 0.2) is 50.8 Å². The lowest BCUT2D eigenvalue weighted by molar-refractivity contribution is 0.413. The molecule has 0 amide bonds. The number of aromatic nitrogens is 1. The van der Waals surface area contributed by atoms with Crippen LogP contribution < -0.4 is 4.74 Å². The maximum atomic E-state index is 5.19. The molecule has 0 spiro atoms. The van der Waals surface area contributed by atoms with Crippen LogP contribution in [-0.2, 0) is 0 Å². The largest absolute Gasteiger partial charge is 0.497 e. The van der Waals surface area contributed by atoms with Gasteiger partial charge in [-0.25, -0.2) is 4.98 Å². The fourth-order valence-corrected chi connectivity index (χ4v) is 2.47. The van der Waals surface area contributed by atoms with Crippen molar-refractivity contribution in [2.24, 2.45) is 0 Å². The average molecular weight is 310 g/mol. The van der Waals surface area contributed by atoms with Crippen LogP contribution in [0.4, 0.5) is 0 Å². The minimum absolute atomic E-state index is 0.865. The first-order valence-electron chi connectivity index (χ1n) is 5.14. The van der Waals surface area contributed by atoms with Gasteiger partial charge in [0, 0.05) is 9.37 Å². The topological polar surface area (TPSA) is 22.1 Å². The Morgan fingerprint density at radius 3 is 2.76 bits per heavy atom. The molecule has 0 saturated carbocycles. The summed E-state index contributed by atoms with van der Waals surface area (Å²) >= 11 is 5.07. The molecule has 0 aliphatic carbocycles. The quantitative estimate of drug-likeness (QED) is 0.843. The molecule has 1 aromatic heterocycles. The van der Waals surface area contributed by atoms with Gasteiger partial charge in [-0.15, -0.1) is 0 Å². The predicted molar refractivity (Wildman–Crippen MR) is 73.8 cm³/mol. The number of pyridine rings is 1. The highest BCUT2D eigenvalue weighted by atomic mass is 79.9. The Labute approximate surface area is 114 Å². The molecule has 0 saturated heterocycles. The first kappa shape index (κ1) is 12.5. The Morgan fingerprint density at radius 1 is 1.24 bits per heavy atom. The number of aryl methyl sites for hydroxylation is 1. The van der Waals surface area contributed by atoms with Crippen molar-refractivity contribution >= 4 is 27.7 Å². The van der Waals surface area contributed by atoms with Crippen molar-refractivity contribution in [1.29, 1.82) is 0 Å². The zero-order chi connectivity index (χ0) is 12.3. The molecule has 2 aromatic rings. The molecule has 0 N–H and O–H groups in total. The second-order valence-electron chi connectivity index (χ2n) is 3.50. The van der Waals surface area contributed by atoms with Crippen molar-refractivity contribution in [3.8, 4) is 5.75 Å². The van der Waals surface area contributed by atoms with Crippen molar-refractivity contribution in [3.05, 3.63) is 46.6 Å². The summed E-state index contributed by atoms with van der Waals surface area (Å²) in [5.74, 6) is 0.865. The van der Waals surface area contributed by atoms with E-state index in [4.69, 9.17) is 4.74 Å². The number of methoxy groups -OCH3 is 1. The number of nitrogens with zero attached hydrogens (tertiary/aromatic N) is 1. The summed E-state index contributed by atoms with van der Waals surface area (Å²) in [4.78, 5) is 5.62. The molecule has 88 valence electrons. The van der Waals surface area contributed by atoms with E-state index < -0.39 is 0 Å². The molecule has 0 unspecified atom stereocenters. The normalized spacial score (nSPS) is 10.3. The molecular weight excluding hydrogens is 298 g/mol. The van der Waals surface area contributed by atoms with Gasteiger partial charge in [0.25, 0.3) is 0 Å². The van der Waals surface area contributed by atoms with E-state index in [9.17, 15) is 0 Å². The van der Waals surface area contributed by atoms with Crippen molar-refractivity contribution in [3.63, 3.8) is 0 Å². The van der Waals surface area contributed by atoms with E-state index in [-0.39, 0.29) is 0 Å². The van der Waals surface area contributed by atoms with Gasteiger partial charge in [0.1, 0.15) is 10.8 Å². The first-order valence-corrected chi connectivity index (χ1v) is 6.75. The van der Waals surface area contributed by atoms with E-state index in [1.165, 1.54) is 0 Å². The van der Waals surface area contributed by atoms with Crippen LogP contribution in [-0.4, -0.2) is 12.1 Å². The fourth-order valence-electron chi connectivity index (χ4n) is 1.36. The minimum atomic E-state index is 0.865. The summed E-state index contributed by atoms with van der Waals surface area (Å²) in [5, 5.41) is 0.985. The predicted octanol–water partition coefficient (Wildman–Crippen LogP) is 4.31. The molecule has 0 aliphatic rings. The standard InChI is InChI=1S/C13H12BrNOS/c1-9-12(14)6-7-13(15-9)17-11-5-3-4-10(8-11)16-2/h3-8H,1-2H3. The Morgan fingerprint density at radius 2 is 2.06 bits per heavy atom. The number of rotatable bonds is 3. The third-order valence-electron chi connectivity index (χ3n) is 2.26. The number of ether oxygens (including phenoxy) is 1. The van der Waals surface area contributed by atoms with E-state index in [0.717, 1.165) is 25.8 Å². The first-order chi connectivity index (χ1) is 8.19. The van der Waals surface area contributed by atoms with E-state index in [2.05, 4.69) is 20.9 Å². The zero-order valence-corrected chi connectivity index (χ0v) is 12.0. The maximum absolute atomic E-state index is 5.19. The van der Waals surface area contributed by atoms with Gasteiger partial charge in [-0.05, 0) is 53.2 Å².